The molecule has 0 amide bonds. The van der Waals surface area contributed by atoms with Gasteiger partial charge in [-0.05, 0) is 36.1 Å². The van der Waals surface area contributed by atoms with Crippen LogP contribution in [0.4, 0.5) is 5.82 Å². The Bertz CT molecular complexity index is 744. The van der Waals surface area contributed by atoms with Gasteiger partial charge in [0.2, 0.25) is 0 Å². The molecular formula is C16H14N4. The van der Waals surface area contributed by atoms with Crippen molar-refractivity contribution < 1.29 is 0 Å². The van der Waals surface area contributed by atoms with E-state index in [1.165, 1.54) is 11.1 Å². The Labute approximate surface area is 116 Å². The molecule has 1 aliphatic rings. The number of aromatic nitrogens is 3. The summed E-state index contributed by atoms with van der Waals surface area (Å²) in [6.07, 6.45) is 5.46. The molecule has 20 heavy (non-hydrogen) atoms. The van der Waals surface area contributed by atoms with Crippen LogP contribution in [0.25, 0.3) is 11.2 Å². The fourth-order valence-corrected chi connectivity index (χ4v) is 2.80. The molecule has 0 saturated carbocycles. The molecule has 0 aliphatic heterocycles. The van der Waals surface area contributed by atoms with Crippen molar-refractivity contribution in [3.05, 3.63) is 59.9 Å². The van der Waals surface area contributed by atoms with Gasteiger partial charge in [-0.25, -0.2) is 9.97 Å². The topological polar surface area (TPSA) is 50.7 Å². The van der Waals surface area contributed by atoms with Gasteiger partial charge in [0.1, 0.15) is 11.3 Å². The lowest BCUT2D eigenvalue weighted by atomic mass is 10.1. The molecule has 2 heterocycles. The van der Waals surface area contributed by atoms with E-state index in [2.05, 4.69) is 44.5 Å². The van der Waals surface area contributed by atoms with Crippen LogP contribution < -0.4 is 5.32 Å². The molecule has 0 atom stereocenters. The highest BCUT2D eigenvalue weighted by Crippen LogP contribution is 2.24. The van der Waals surface area contributed by atoms with E-state index in [0.717, 1.165) is 24.2 Å². The maximum Gasteiger partial charge on any atom is 0.180 e. The molecule has 98 valence electrons. The summed E-state index contributed by atoms with van der Waals surface area (Å²) in [4.78, 5) is 13.0. The van der Waals surface area contributed by atoms with Crippen molar-refractivity contribution in [3.8, 4) is 0 Å². The summed E-state index contributed by atoms with van der Waals surface area (Å²) >= 11 is 0. The van der Waals surface area contributed by atoms with Crippen LogP contribution in [0.1, 0.15) is 11.1 Å². The van der Waals surface area contributed by atoms with Gasteiger partial charge in [-0.1, -0.05) is 24.3 Å². The van der Waals surface area contributed by atoms with Crippen molar-refractivity contribution in [2.45, 2.75) is 18.9 Å². The van der Waals surface area contributed by atoms with Crippen LogP contribution in [-0.4, -0.2) is 21.0 Å². The van der Waals surface area contributed by atoms with Gasteiger partial charge < -0.3 is 5.32 Å². The quantitative estimate of drug-likeness (QED) is 0.771. The van der Waals surface area contributed by atoms with E-state index in [1.807, 2.05) is 12.1 Å². The molecule has 4 nitrogen and oxygen atoms in total. The average molecular weight is 262 g/mol. The Kier molecular flexibility index (Phi) is 2.59. The molecule has 4 rings (SSSR count). The maximum absolute atomic E-state index is 4.52. The van der Waals surface area contributed by atoms with Crippen molar-refractivity contribution >= 4 is 17.0 Å². The molecule has 0 unspecified atom stereocenters. The third-order valence-corrected chi connectivity index (χ3v) is 3.73. The number of rotatable bonds is 2. The molecule has 3 aromatic rings. The first-order valence-corrected chi connectivity index (χ1v) is 6.79. The zero-order valence-corrected chi connectivity index (χ0v) is 11.0. The van der Waals surface area contributed by atoms with E-state index in [4.69, 9.17) is 0 Å². The monoisotopic (exact) mass is 262 g/mol. The number of nitrogens with zero attached hydrogens (tertiary/aromatic N) is 3. The molecule has 1 aliphatic carbocycles. The third kappa shape index (κ3) is 1.99. The zero-order chi connectivity index (χ0) is 13.4. The number of benzene rings is 1. The van der Waals surface area contributed by atoms with Crippen molar-refractivity contribution in [1.82, 2.24) is 15.0 Å². The molecule has 0 fully saturated rings. The number of pyridine rings is 1. The summed E-state index contributed by atoms with van der Waals surface area (Å²) < 4.78 is 0. The van der Waals surface area contributed by atoms with Gasteiger partial charge in [0.15, 0.2) is 5.65 Å². The Morgan fingerprint density at radius 2 is 1.65 bits per heavy atom. The summed E-state index contributed by atoms with van der Waals surface area (Å²) in [6, 6.07) is 13.0. The lowest BCUT2D eigenvalue weighted by molar-refractivity contribution is 0.769. The largest absolute Gasteiger partial charge is 0.367 e. The van der Waals surface area contributed by atoms with E-state index in [9.17, 15) is 0 Å². The van der Waals surface area contributed by atoms with Gasteiger partial charge in [-0.15, -0.1) is 0 Å². The second-order valence-electron chi connectivity index (χ2n) is 5.11. The van der Waals surface area contributed by atoms with Crippen LogP contribution in [0.3, 0.4) is 0 Å². The van der Waals surface area contributed by atoms with Gasteiger partial charge in [-0.3, -0.25) is 4.98 Å². The summed E-state index contributed by atoms with van der Waals surface area (Å²) in [5.41, 5.74) is 4.39. The van der Waals surface area contributed by atoms with Gasteiger partial charge in [0.05, 0.1) is 0 Å². The molecule has 2 aromatic heterocycles. The second-order valence-corrected chi connectivity index (χ2v) is 5.11. The highest BCUT2D eigenvalue weighted by Gasteiger charge is 2.20. The van der Waals surface area contributed by atoms with Crippen LogP contribution in [0.2, 0.25) is 0 Å². The Morgan fingerprint density at radius 1 is 0.900 bits per heavy atom. The standard InChI is InChI=1S/C16H14N4/c1-2-4-12-10-13(9-11(12)3-1)19-15-6-5-14-16(20-15)18-8-7-17-14/h1-8,13H,9-10H2,(H,18,19,20). The van der Waals surface area contributed by atoms with E-state index in [1.54, 1.807) is 12.4 Å². The van der Waals surface area contributed by atoms with Crippen LogP contribution in [-0.2, 0) is 12.8 Å². The molecule has 1 aromatic carbocycles. The highest BCUT2D eigenvalue weighted by molar-refractivity contribution is 5.71. The first-order chi connectivity index (χ1) is 9.88. The molecule has 0 bridgehead atoms. The summed E-state index contributed by atoms with van der Waals surface area (Å²) in [5.74, 6) is 0.871. The minimum atomic E-state index is 0.411. The molecule has 1 N–H and O–H groups in total. The average Bonchev–Trinajstić information content (AvgIpc) is 2.89. The molecule has 4 heteroatoms. The van der Waals surface area contributed by atoms with Crippen LogP contribution in [0, 0.1) is 0 Å². The van der Waals surface area contributed by atoms with Crippen molar-refractivity contribution in [3.63, 3.8) is 0 Å². The first-order valence-electron chi connectivity index (χ1n) is 6.79. The Hall–Kier alpha value is -2.49. The summed E-state index contributed by atoms with van der Waals surface area (Å²) in [5, 5.41) is 3.50. The maximum atomic E-state index is 4.52. The number of nitrogens with one attached hydrogen (secondary N) is 1. The SMILES string of the molecule is c1ccc2c(c1)CC(Nc1ccc3nccnc3n1)C2. The molecular weight excluding hydrogens is 248 g/mol. The van der Waals surface area contributed by atoms with Gasteiger partial charge >= 0.3 is 0 Å². The van der Waals surface area contributed by atoms with Gasteiger partial charge in [0.25, 0.3) is 0 Å². The minimum absolute atomic E-state index is 0.411. The highest BCUT2D eigenvalue weighted by atomic mass is 15.0. The smallest absolute Gasteiger partial charge is 0.180 e. The van der Waals surface area contributed by atoms with Crippen LogP contribution in [0.15, 0.2) is 48.8 Å². The molecule has 0 radical (unpaired) electrons. The van der Waals surface area contributed by atoms with Crippen molar-refractivity contribution in [2.75, 3.05) is 5.32 Å². The van der Waals surface area contributed by atoms with E-state index < -0.39 is 0 Å². The Morgan fingerprint density at radius 3 is 2.45 bits per heavy atom. The zero-order valence-electron chi connectivity index (χ0n) is 11.0. The first kappa shape index (κ1) is 11.3. The number of hydrogen-bond donors (Lipinski definition) is 1. The lowest BCUT2D eigenvalue weighted by Crippen LogP contribution is -2.20. The molecule has 0 spiro atoms. The van der Waals surface area contributed by atoms with Gasteiger partial charge in [-0.2, -0.15) is 0 Å². The fraction of sp³-hybridized carbons (Fsp3) is 0.188. The van der Waals surface area contributed by atoms with E-state index in [0.29, 0.717) is 11.7 Å². The Balaban J connectivity index is 1.57. The minimum Gasteiger partial charge on any atom is -0.367 e. The van der Waals surface area contributed by atoms with Crippen molar-refractivity contribution in [2.24, 2.45) is 0 Å². The van der Waals surface area contributed by atoms with Gasteiger partial charge in [0, 0.05) is 18.4 Å². The lowest BCUT2D eigenvalue weighted by Gasteiger charge is -2.12. The van der Waals surface area contributed by atoms with Crippen molar-refractivity contribution in [1.29, 1.82) is 0 Å². The van der Waals surface area contributed by atoms with Crippen LogP contribution >= 0.6 is 0 Å². The van der Waals surface area contributed by atoms with E-state index >= 15 is 0 Å². The summed E-state index contributed by atoms with van der Waals surface area (Å²) in [7, 11) is 0. The third-order valence-electron chi connectivity index (χ3n) is 3.73. The molecule has 0 saturated heterocycles. The normalized spacial score (nSPS) is 14.4. The summed E-state index contributed by atoms with van der Waals surface area (Å²) in [6.45, 7) is 0. The number of hydrogen-bond acceptors (Lipinski definition) is 4. The number of fused-ring (bicyclic) bond motifs is 2. The predicted molar refractivity (Wildman–Crippen MR) is 78.6 cm³/mol. The second kappa shape index (κ2) is 4.56. The van der Waals surface area contributed by atoms with Crippen LogP contribution in [0.5, 0.6) is 0 Å². The number of anilines is 1. The van der Waals surface area contributed by atoms with E-state index in [-0.39, 0.29) is 0 Å². The predicted octanol–water partition coefficient (Wildman–Crippen LogP) is 2.60. The fourth-order valence-electron chi connectivity index (χ4n) is 2.80.